The fraction of sp³-hybridized carbons (Fsp3) is 0.0714. The van der Waals surface area contributed by atoms with E-state index in [4.69, 9.17) is 4.74 Å². The lowest BCUT2D eigenvalue weighted by atomic mass is 10.0. The van der Waals surface area contributed by atoms with Gasteiger partial charge in [-0.3, -0.25) is 4.79 Å². The van der Waals surface area contributed by atoms with Crippen molar-refractivity contribution in [2.24, 2.45) is 0 Å². The number of ketones is 1. The SMILES string of the molecule is COc1ccc(C(=O)c2cc(Br)cc(Br)c2)c(F)c1. The Kier molecular flexibility index (Phi) is 4.37. The molecular weight excluding hydrogens is 379 g/mol. The van der Waals surface area contributed by atoms with E-state index in [0.717, 1.165) is 8.95 Å². The molecule has 0 fully saturated rings. The fourth-order valence-electron chi connectivity index (χ4n) is 1.65. The molecule has 0 atom stereocenters. The zero-order valence-electron chi connectivity index (χ0n) is 9.91. The third-order valence-electron chi connectivity index (χ3n) is 2.55. The Labute approximate surface area is 126 Å². The smallest absolute Gasteiger partial charge is 0.196 e. The molecule has 0 N–H and O–H groups in total. The molecule has 0 unspecified atom stereocenters. The number of carbonyl (C=O) groups is 1. The van der Waals surface area contributed by atoms with Gasteiger partial charge in [0.25, 0.3) is 0 Å². The predicted molar refractivity (Wildman–Crippen MR) is 78.2 cm³/mol. The molecule has 0 spiro atoms. The summed E-state index contributed by atoms with van der Waals surface area (Å²) >= 11 is 6.60. The highest BCUT2D eigenvalue weighted by atomic mass is 79.9. The topological polar surface area (TPSA) is 26.3 Å². The number of rotatable bonds is 3. The number of methoxy groups -OCH3 is 1. The van der Waals surface area contributed by atoms with Crippen LogP contribution < -0.4 is 4.74 Å². The molecule has 0 saturated carbocycles. The molecule has 5 heteroatoms. The van der Waals surface area contributed by atoms with Crippen LogP contribution in [-0.4, -0.2) is 12.9 Å². The average Bonchev–Trinajstić information content (AvgIpc) is 2.36. The van der Waals surface area contributed by atoms with Gasteiger partial charge in [-0.25, -0.2) is 4.39 Å². The summed E-state index contributed by atoms with van der Waals surface area (Å²) in [6.45, 7) is 0. The van der Waals surface area contributed by atoms with Crippen LogP contribution in [0.4, 0.5) is 4.39 Å². The highest BCUT2D eigenvalue weighted by Crippen LogP contribution is 2.24. The normalized spacial score (nSPS) is 10.3. The monoisotopic (exact) mass is 386 g/mol. The summed E-state index contributed by atoms with van der Waals surface area (Å²) in [5, 5.41) is 0. The van der Waals surface area contributed by atoms with Gasteiger partial charge >= 0.3 is 0 Å². The molecule has 0 radical (unpaired) electrons. The number of hydrogen-bond donors (Lipinski definition) is 0. The van der Waals surface area contributed by atoms with Crippen molar-refractivity contribution in [2.45, 2.75) is 0 Å². The summed E-state index contributed by atoms with van der Waals surface area (Å²) < 4.78 is 20.3. The molecule has 0 saturated heterocycles. The van der Waals surface area contributed by atoms with E-state index in [1.807, 2.05) is 0 Å². The molecule has 0 aliphatic rings. The molecule has 0 aromatic heterocycles. The average molecular weight is 388 g/mol. The number of benzene rings is 2. The molecule has 0 heterocycles. The Balaban J connectivity index is 2.44. The van der Waals surface area contributed by atoms with Crippen molar-refractivity contribution in [1.29, 1.82) is 0 Å². The van der Waals surface area contributed by atoms with Crippen molar-refractivity contribution < 1.29 is 13.9 Å². The van der Waals surface area contributed by atoms with Gasteiger partial charge in [0.1, 0.15) is 11.6 Å². The van der Waals surface area contributed by atoms with E-state index < -0.39 is 5.82 Å². The molecule has 2 nitrogen and oxygen atoms in total. The second-order valence-corrected chi connectivity index (χ2v) is 5.66. The lowest BCUT2D eigenvalue weighted by Gasteiger charge is -2.06. The lowest BCUT2D eigenvalue weighted by Crippen LogP contribution is -2.04. The van der Waals surface area contributed by atoms with E-state index in [1.165, 1.54) is 19.2 Å². The first-order valence-corrected chi connectivity index (χ1v) is 6.94. The van der Waals surface area contributed by atoms with Gasteiger partial charge in [0, 0.05) is 20.6 Å². The van der Waals surface area contributed by atoms with Crippen LogP contribution in [0, 0.1) is 5.82 Å². The van der Waals surface area contributed by atoms with E-state index in [2.05, 4.69) is 31.9 Å². The molecule has 2 rings (SSSR count). The molecule has 0 aliphatic heterocycles. The van der Waals surface area contributed by atoms with Crippen LogP contribution in [0.5, 0.6) is 5.75 Å². The van der Waals surface area contributed by atoms with Gasteiger partial charge in [-0.1, -0.05) is 31.9 Å². The summed E-state index contributed by atoms with van der Waals surface area (Å²) in [6.07, 6.45) is 0. The predicted octanol–water partition coefficient (Wildman–Crippen LogP) is 4.59. The maximum absolute atomic E-state index is 13.9. The first-order valence-electron chi connectivity index (χ1n) is 5.35. The first-order chi connectivity index (χ1) is 9.01. The number of halogens is 3. The number of carbonyl (C=O) groups excluding carboxylic acids is 1. The van der Waals surface area contributed by atoms with Gasteiger partial charge in [-0.05, 0) is 30.3 Å². The number of ether oxygens (including phenoxy) is 1. The maximum Gasteiger partial charge on any atom is 0.196 e. The highest BCUT2D eigenvalue weighted by molar-refractivity contribution is 9.11. The van der Waals surface area contributed by atoms with Crippen LogP contribution in [0.25, 0.3) is 0 Å². The van der Waals surface area contributed by atoms with E-state index in [0.29, 0.717) is 11.3 Å². The lowest BCUT2D eigenvalue weighted by molar-refractivity contribution is 0.103. The molecule has 98 valence electrons. The van der Waals surface area contributed by atoms with Crippen molar-refractivity contribution >= 4 is 37.6 Å². The fourth-order valence-corrected chi connectivity index (χ4v) is 2.94. The molecule has 0 amide bonds. The first kappa shape index (κ1) is 14.2. The van der Waals surface area contributed by atoms with Crippen LogP contribution >= 0.6 is 31.9 Å². The Morgan fingerprint density at radius 3 is 2.26 bits per heavy atom. The van der Waals surface area contributed by atoms with Gasteiger partial charge in [-0.2, -0.15) is 0 Å². The van der Waals surface area contributed by atoms with E-state index in [-0.39, 0.29) is 11.3 Å². The summed E-state index contributed by atoms with van der Waals surface area (Å²) in [5.41, 5.74) is 0.427. The van der Waals surface area contributed by atoms with Crippen molar-refractivity contribution in [2.75, 3.05) is 7.11 Å². The summed E-state index contributed by atoms with van der Waals surface area (Å²) in [6, 6.07) is 9.28. The Morgan fingerprint density at radius 1 is 1.11 bits per heavy atom. The largest absolute Gasteiger partial charge is 0.497 e. The van der Waals surface area contributed by atoms with Crippen molar-refractivity contribution in [1.82, 2.24) is 0 Å². The Hall–Kier alpha value is -1.20. The third-order valence-corrected chi connectivity index (χ3v) is 3.46. The summed E-state index contributed by atoms with van der Waals surface area (Å²) in [4.78, 5) is 12.2. The van der Waals surface area contributed by atoms with Gasteiger partial charge in [0.2, 0.25) is 0 Å². The van der Waals surface area contributed by atoms with Gasteiger partial charge < -0.3 is 4.74 Å². The van der Waals surface area contributed by atoms with E-state index in [9.17, 15) is 9.18 Å². The minimum absolute atomic E-state index is 0.0193. The molecule has 0 aliphatic carbocycles. The second-order valence-electron chi connectivity index (χ2n) is 3.83. The minimum Gasteiger partial charge on any atom is -0.497 e. The molecule has 2 aromatic rings. The van der Waals surface area contributed by atoms with Gasteiger partial charge in [-0.15, -0.1) is 0 Å². The minimum atomic E-state index is -0.597. The molecule has 19 heavy (non-hydrogen) atoms. The van der Waals surface area contributed by atoms with Crippen LogP contribution in [-0.2, 0) is 0 Å². The van der Waals surface area contributed by atoms with Crippen molar-refractivity contribution in [3.05, 3.63) is 62.3 Å². The van der Waals surface area contributed by atoms with Crippen molar-refractivity contribution in [3.8, 4) is 5.75 Å². The standard InChI is InChI=1S/C14H9Br2FO2/c1-19-11-2-3-12(13(17)7-11)14(18)8-4-9(15)6-10(16)5-8/h2-7H,1H3. The van der Waals surface area contributed by atoms with Crippen LogP contribution in [0.1, 0.15) is 15.9 Å². The van der Waals surface area contributed by atoms with Crippen LogP contribution in [0.15, 0.2) is 45.3 Å². The Morgan fingerprint density at radius 2 is 1.74 bits per heavy atom. The van der Waals surface area contributed by atoms with Crippen molar-refractivity contribution in [3.63, 3.8) is 0 Å². The molecule has 0 bridgehead atoms. The quantitative estimate of drug-likeness (QED) is 0.720. The van der Waals surface area contributed by atoms with Gasteiger partial charge in [0.05, 0.1) is 12.7 Å². The second kappa shape index (κ2) is 5.84. The van der Waals surface area contributed by atoms with Crippen LogP contribution in [0.3, 0.4) is 0 Å². The zero-order valence-corrected chi connectivity index (χ0v) is 13.1. The van der Waals surface area contributed by atoms with Gasteiger partial charge in [0.15, 0.2) is 5.78 Å². The van der Waals surface area contributed by atoms with Crippen LogP contribution in [0.2, 0.25) is 0 Å². The Bertz CT molecular complexity index is 621. The van der Waals surface area contributed by atoms with E-state index in [1.54, 1.807) is 24.3 Å². The molecule has 2 aromatic carbocycles. The zero-order chi connectivity index (χ0) is 14.0. The third kappa shape index (κ3) is 3.22. The molecular formula is C14H9Br2FO2. The highest BCUT2D eigenvalue weighted by Gasteiger charge is 2.15. The maximum atomic E-state index is 13.9. The summed E-state index contributed by atoms with van der Waals surface area (Å²) in [7, 11) is 1.45. The van der Waals surface area contributed by atoms with E-state index >= 15 is 0 Å². The summed E-state index contributed by atoms with van der Waals surface area (Å²) in [5.74, 6) is -0.591. The number of hydrogen-bond acceptors (Lipinski definition) is 2.